The number of anilines is 1. The molecule has 1 aliphatic carbocycles. The first-order chi connectivity index (χ1) is 7.85. The van der Waals surface area contributed by atoms with Crippen LogP contribution in [0.1, 0.15) is 58.4 Å². The van der Waals surface area contributed by atoms with E-state index < -0.39 is 0 Å². The van der Waals surface area contributed by atoms with E-state index in [9.17, 15) is 0 Å². The van der Waals surface area contributed by atoms with Crippen LogP contribution in [-0.2, 0) is 0 Å². The Labute approximate surface area is 98.3 Å². The fraction of sp³-hybridized carbons (Fsp3) is 0.769. The van der Waals surface area contributed by atoms with Crippen LogP contribution < -0.4 is 5.32 Å². The third-order valence-electron chi connectivity index (χ3n) is 3.71. The highest BCUT2D eigenvalue weighted by Gasteiger charge is 2.19. The van der Waals surface area contributed by atoms with Crippen molar-refractivity contribution in [2.75, 3.05) is 5.32 Å². The molecule has 3 heteroatoms. The Hall–Kier alpha value is -0.990. The zero-order valence-corrected chi connectivity index (χ0v) is 10.4. The highest BCUT2D eigenvalue weighted by atomic mass is 15.2. The highest BCUT2D eigenvalue weighted by Crippen LogP contribution is 2.31. The standard InChI is InChI=1S/C13H23N3/c1-3-11(4-2)15-13-14-9-10-16(13)12-7-5-6-8-12/h9-12H,3-8H2,1-2H3,(H,14,15). The van der Waals surface area contributed by atoms with Gasteiger partial charge < -0.3 is 9.88 Å². The number of hydrogen-bond acceptors (Lipinski definition) is 2. The number of aromatic nitrogens is 2. The van der Waals surface area contributed by atoms with Crippen LogP contribution in [0.4, 0.5) is 5.95 Å². The molecular weight excluding hydrogens is 198 g/mol. The SMILES string of the molecule is CCC(CC)Nc1nccn1C1CCCC1. The van der Waals surface area contributed by atoms with Crippen molar-refractivity contribution >= 4 is 5.95 Å². The second-order valence-electron chi connectivity index (χ2n) is 4.75. The van der Waals surface area contributed by atoms with Gasteiger partial charge in [-0.15, -0.1) is 0 Å². The largest absolute Gasteiger partial charge is 0.353 e. The molecular formula is C13H23N3. The second kappa shape index (κ2) is 5.37. The van der Waals surface area contributed by atoms with Gasteiger partial charge in [0.05, 0.1) is 0 Å². The van der Waals surface area contributed by atoms with E-state index in [4.69, 9.17) is 0 Å². The van der Waals surface area contributed by atoms with Crippen LogP contribution in [0, 0.1) is 0 Å². The van der Waals surface area contributed by atoms with Gasteiger partial charge in [0.1, 0.15) is 0 Å². The van der Waals surface area contributed by atoms with Crippen molar-refractivity contribution in [3.8, 4) is 0 Å². The Kier molecular flexibility index (Phi) is 3.86. The maximum absolute atomic E-state index is 4.45. The van der Waals surface area contributed by atoms with Crippen LogP contribution in [0.15, 0.2) is 12.4 Å². The minimum Gasteiger partial charge on any atom is -0.353 e. The summed E-state index contributed by atoms with van der Waals surface area (Å²) < 4.78 is 2.34. The molecule has 0 amide bonds. The van der Waals surface area contributed by atoms with Crippen LogP contribution in [-0.4, -0.2) is 15.6 Å². The van der Waals surface area contributed by atoms with E-state index in [1.807, 2.05) is 6.20 Å². The molecule has 1 fully saturated rings. The molecule has 1 aliphatic rings. The summed E-state index contributed by atoms with van der Waals surface area (Å²) in [5.41, 5.74) is 0. The van der Waals surface area contributed by atoms with Crippen molar-refractivity contribution in [2.45, 2.75) is 64.5 Å². The molecule has 0 saturated heterocycles. The Morgan fingerprint density at radius 1 is 1.38 bits per heavy atom. The minimum absolute atomic E-state index is 0.558. The van der Waals surface area contributed by atoms with Gasteiger partial charge in [0, 0.05) is 24.5 Å². The van der Waals surface area contributed by atoms with Gasteiger partial charge in [0.2, 0.25) is 5.95 Å². The van der Waals surface area contributed by atoms with Crippen LogP contribution in [0.25, 0.3) is 0 Å². The van der Waals surface area contributed by atoms with Gasteiger partial charge >= 0.3 is 0 Å². The predicted molar refractivity (Wildman–Crippen MR) is 67.7 cm³/mol. The number of hydrogen-bond donors (Lipinski definition) is 1. The molecule has 90 valence electrons. The van der Waals surface area contributed by atoms with E-state index >= 15 is 0 Å². The molecule has 0 atom stereocenters. The molecule has 1 aromatic rings. The number of rotatable bonds is 5. The molecule has 16 heavy (non-hydrogen) atoms. The summed E-state index contributed by atoms with van der Waals surface area (Å²) in [6, 6.07) is 1.24. The van der Waals surface area contributed by atoms with Crippen molar-refractivity contribution in [3.63, 3.8) is 0 Å². The molecule has 3 nitrogen and oxygen atoms in total. The maximum Gasteiger partial charge on any atom is 0.203 e. The topological polar surface area (TPSA) is 29.9 Å². The van der Waals surface area contributed by atoms with Crippen molar-refractivity contribution < 1.29 is 0 Å². The number of imidazole rings is 1. The summed E-state index contributed by atoms with van der Waals surface area (Å²) >= 11 is 0. The summed E-state index contributed by atoms with van der Waals surface area (Å²) in [4.78, 5) is 4.45. The lowest BCUT2D eigenvalue weighted by Crippen LogP contribution is -2.21. The molecule has 0 aromatic carbocycles. The number of nitrogens with zero attached hydrogens (tertiary/aromatic N) is 2. The molecule has 1 heterocycles. The molecule has 1 aromatic heterocycles. The summed E-state index contributed by atoms with van der Waals surface area (Å²) in [6.07, 6.45) is 11.7. The van der Waals surface area contributed by atoms with E-state index in [-0.39, 0.29) is 0 Å². The van der Waals surface area contributed by atoms with Gasteiger partial charge in [-0.05, 0) is 25.7 Å². The summed E-state index contributed by atoms with van der Waals surface area (Å²) in [5, 5.41) is 3.56. The first-order valence-electron chi connectivity index (χ1n) is 6.64. The molecule has 0 radical (unpaired) electrons. The van der Waals surface area contributed by atoms with E-state index in [2.05, 4.69) is 34.9 Å². The summed E-state index contributed by atoms with van der Waals surface area (Å²) in [7, 11) is 0. The third kappa shape index (κ3) is 2.39. The normalized spacial score (nSPS) is 17.2. The van der Waals surface area contributed by atoms with Crippen LogP contribution in [0.5, 0.6) is 0 Å². The first-order valence-corrected chi connectivity index (χ1v) is 6.64. The van der Waals surface area contributed by atoms with E-state index in [1.54, 1.807) is 0 Å². The smallest absolute Gasteiger partial charge is 0.203 e. The van der Waals surface area contributed by atoms with Crippen molar-refractivity contribution in [1.82, 2.24) is 9.55 Å². The van der Waals surface area contributed by atoms with E-state index in [0.717, 1.165) is 18.8 Å². The van der Waals surface area contributed by atoms with Gasteiger partial charge in [-0.25, -0.2) is 4.98 Å². The van der Waals surface area contributed by atoms with Gasteiger partial charge in [-0.1, -0.05) is 26.7 Å². The lowest BCUT2D eigenvalue weighted by molar-refractivity contribution is 0.517. The van der Waals surface area contributed by atoms with E-state index in [1.165, 1.54) is 25.7 Å². The molecule has 0 spiro atoms. The fourth-order valence-electron chi connectivity index (χ4n) is 2.58. The van der Waals surface area contributed by atoms with E-state index in [0.29, 0.717) is 12.1 Å². The van der Waals surface area contributed by atoms with Crippen LogP contribution in [0.3, 0.4) is 0 Å². The Balaban J connectivity index is 2.06. The van der Waals surface area contributed by atoms with Crippen molar-refractivity contribution in [2.24, 2.45) is 0 Å². The molecule has 1 N–H and O–H groups in total. The maximum atomic E-state index is 4.45. The highest BCUT2D eigenvalue weighted by molar-refractivity contribution is 5.28. The monoisotopic (exact) mass is 221 g/mol. The average Bonchev–Trinajstić information content (AvgIpc) is 2.95. The zero-order valence-electron chi connectivity index (χ0n) is 10.4. The second-order valence-corrected chi connectivity index (χ2v) is 4.75. The first kappa shape index (κ1) is 11.5. The minimum atomic E-state index is 0.558. The van der Waals surface area contributed by atoms with Gasteiger partial charge in [-0.3, -0.25) is 0 Å². The lowest BCUT2D eigenvalue weighted by Gasteiger charge is -2.20. The summed E-state index contributed by atoms with van der Waals surface area (Å²) in [6.45, 7) is 4.45. The van der Waals surface area contributed by atoms with Gasteiger partial charge in [0.25, 0.3) is 0 Å². The van der Waals surface area contributed by atoms with Crippen LogP contribution in [0.2, 0.25) is 0 Å². The lowest BCUT2D eigenvalue weighted by atomic mass is 10.2. The third-order valence-corrected chi connectivity index (χ3v) is 3.71. The predicted octanol–water partition coefficient (Wildman–Crippen LogP) is 3.60. The molecule has 1 saturated carbocycles. The summed E-state index contributed by atoms with van der Waals surface area (Å²) in [5.74, 6) is 1.07. The fourth-order valence-corrected chi connectivity index (χ4v) is 2.58. The van der Waals surface area contributed by atoms with Gasteiger partial charge in [0.15, 0.2) is 0 Å². The van der Waals surface area contributed by atoms with Crippen molar-refractivity contribution in [1.29, 1.82) is 0 Å². The Bertz CT molecular complexity index is 309. The molecule has 0 unspecified atom stereocenters. The molecule has 0 bridgehead atoms. The zero-order chi connectivity index (χ0) is 11.4. The average molecular weight is 221 g/mol. The Morgan fingerprint density at radius 3 is 2.69 bits per heavy atom. The van der Waals surface area contributed by atoms with Crippen molar-refractivity contribution in [3.05, 3.63) is 12.4 Å². The Morgan fingerprint density at radius 2 is 2.06 bits per heavy atom. The quantitative estimate of drug-likeness (QED) is 0.823. The van der Waals surface area contributed by atoms with Crippen LogP contribution >= 0.6 is 0 Å². The molecule has 0 aliphatic heterocycles. The van der Waals surface area contributed by atoms with Gasteiger partial charge in [-0.2, -0.15) is 0 Å². The molecule has 2 rings (SSSR count). The number of nitrogens with one attached hydrogen (secondary N) is 1.